The van der Waals surface area contributed by atoms with Crippen molar-refractivity contribution in [1.29, 1.82) is 0 Å². The Bertz CT molecular complexity index is 169. The maximum Gasteiger partial charge on any atom is 0.0589 e. The Kier molecular flexibility index (Phi) is 4.88. The third kappa shape index (κ3) is 4.31. The smallest absolute Gasteiger partial charge is 0.0589 e. The molecule has 0 aliphatic heterocycles. The van der Waals surface area contributed by atoms with Gasteiger partial charge in [0.05, 0.1) is 6.61 Å². The molecule has 0 saturated heterocycles. The van der Waals surface area contributed by atoms with Crippen LogP contribution in [0.25, 0.3) is 0 Å². The first kappa shape index (κ1) is 10.6. The summed E-state index contributed by atoms with van der Waals surface area (Å²) in [5.74, 6) is 2.68. The van der Waals surface area contributed by atoms with Crippen LogP contribution >= 0.6 is 0 Å². The summed E-state index contributed by atoms with van der Waals surface area (Å²) in [6.07, 6.45) is 9.96. The molecule has 0 aromatic carbocycles. The van der Waals surface area contributed by atoms with Crippen LogP contribution in [-0.2, 0) is 4.74 Å². The lowest BCUT2D eigenvalue weighted by molar-refractivity contribution is 0.143. The standard InChI is InChI=1S/C11H19NO/c1-3-4-5-8-12(9-10-13-2)11-6-7-11/h1,11H,4-10H2,2H3. The van der Waals surface area contributed by atoms with Gasteiger partial charge in [0.15, 0.2) is 0 Å². The van der Waals surface area contributed by atoms with E-state index in [1.807, 2.05) is 0 Å². The van der Waals surface area contributed by atoms with Crippen LogP contribution in [0.3, 0.4) is 0 Å². The van der Waals surface area contributed by atoms with Gasteiger partial charge >= 0.3 is 0 Å². The first-order chi connectivity index (χ1) is 6.38. The summed E-state index contributed by atoms with van der Waals surface area (Å²) >= 11 is 0. The molecule has 0 atom stereocenters. The number of unbranched alkanes of at least 4 members (excludes halogenated alkanes) is 1. The maximum absolute atomic E-state index is 5.21. The lowest BCUT2D eigenvalue weighted by atomic mass is 10.3. The Hall–Kier alpha value is -0.520. The van der Waals surface area contributed by atoms with Crippen molar-refractivity contribution in [2.75, 3.05) is 26.8 Å². The summed E-state index contributed by atoms with van der Waals surface area (Å²) < 4.78 is 5.07. The Morgan fingerprint density at radius 3 is 2.77 bits per heavy atom. The lowest BCUT2D eigenvalue weighted by Gasteiger charge is -2.20. The highest BCUT2D eigenvalue weighted by atomic mass is 16.5. The fourth-order valence-corrected chi connectivity index (χ4v) is 1.51. The highest BCUT2D eigenvalue weighted by molar-refractivity contribution is 4.87. The first-order valence-electron chi connectivity index (χ1n) is 5.05. The predicted molar refractivity (Wildman–Crippen MR) is 54.5 cm³/mol. The molecule has 0 unspecified atom stereocenters. The summed E-state index contributed by atoms with van der Waals surface area (Å²) in [6, 6.07) is 0.827. The minimum atomic E-state index is 0.827. The average molecular weight is 181 g/mol. The van der Waals surface area contributed by atoms with Gasteiger partial charge in [0.1, 0.15) is 0 Å². The molecule has 2 nitrogen and oxygen atoms in total. The lowest BCUT2D eigenvalue weighted by Crippen LogP contribution is -2.30. The minimum absolute atomic E-state index is 0.827. The fraction of sp³-hybridized carbons (Fsp3) is 0.818. The second-order valence-corrected chi connectivity index (χ2v) is 3.57. The molecule has 1 fully saturated rings. The zero-order chi connectivity index (χ0) is 9.52. The van der Waals surface area contributed by atoms with Crippen molar-refractivity contribution in [2.24, 2.45) is 0 Å². The highest BCUT2D eigenvalue weighted by Gasteiger charge is 2.27. The van der Waals surface area contributed by atoms with Crippen LogP contribution < -0.4 is 0 Å². The summed E-state index contributed by atoms with van der Waals surface area (Å²) in [4.78, 5) is 2.50. The van der Waals surface area contributed by atoms with Crippen molar-refractivity contribution in [3.8, 4) is 12.3 Å². The van der Waals surface area contributed by atoms with Gasteiger partial charge in [-0.25, -0.2) is 0 Å². The number of hydrogen-bond acceptors (Lipinski definition) is 2. The molecule has 0 spiro atoms. The SMILES string of the molecule is C#CCCCN(CCOC)C1CC1. The average Bonchev–Trinajstić information content (AvgIpc) is 2.94. The normalized spacial score (nSPS) is 16.1. The zero-order valence-corrected chi connectivity index (χ0v) is 8.46. The summed E-state index contributed by atoms with van der Waals surface area (Å²) in [6.45, 7) is 3.04. The Labute approximate surface area is 81.3 Å². The second-order valence-electron chi connectivity index (χ2n) is 3.57. The molecule has 13 heavy (non-hydrogen) atoms. The topological polar surface area (TPSA) is 12.5 Å². The number of terminal acetylenes is 1. The van der Waals surface area contributed by atoms with E-state index in [1.165, 1.54) is 12.8 Å². The van der Waals surface area contributed by atoms with Crippen molar-refractivity contribution in [3.63, 3.8) is 0 Å². The summed E-state index contributed by atoms with van der Waals surface area (Å²) in [5, 5.41) is 0. The minimum Gasteiger partial charge on any atom is -0.383 e. The van der Waals surface area contributed by atoms with Crippen molar-refractivity contribution in [3.05, 3.63) is 0 Å². The van der Waals surface area contributed by atoms with E-state index in [1.54, 1.807) is 7.11 Å². The van der Waals surface area contributed by atoms with Gasteiger partial charge in [-0.3, -0.25) is 4.90 Å². The van der Waals surface area contributed by atoms with Crippen LogP contribution in [0.4, 0.5) is 0 Å². The molecular formula is C11H19NO. The van der Waals surface area contributed by atoms with Gasteiger partial charge in [-0.2, -0.15) is 0 Å². The van der Waals surface area contributed by atoms with Gasteiger partial charge in [0, 0.05) is 26.1 Å². The monoisotopic (exact) mass is 181 g/mol. The van der Waals surface area contributed by atoms with E-state index < -0.39 is 0 Å². The Morgan fingerprint density at radius 2 is 2.23 bits per heavy atom. The molecule has 1 rings (SSSR count). The van der Waals surface area contributed by atoms with Crippen LogP contribution in [0.1, 0.15) is 25.7 Å². The molecule has 0 N–H and O–H groups in total. The van der Waals surface area contributed by atoms with Gasteiger partial charge < -0.3 is 4.74 Å². The Morgan fingerprint density at radius 1 is 1.46 bits per heavy atom. The van der Waals surface area contributed by atoms with Crippen molar-refractivity contribution in [2.45, 2.75) is 31.7 Å². The predicted octanol–water partition coefficient (Wildman–Crippen LogP) is 1.51. The number of rotatable bonds is 7. The number of ether oxygens (including phenoxy) is 1. The molecule has 74 valence electrons. The van der Waals surface area contributed by atoms with E-state index in [0.29, 0.717) is 0 Å². The molecular weight excluding hydrogens is 162 g/mol. The van der Waals surface area contributed by atoms with Crippen LogP contribution in [0.5, 0.6) is 0 Å². The van der Waals surface area contributed by atoms with Crippen LogP contribution in [-0.4, -0.2) is 37.7 Å². The van der Waals surface area contributed by atoms with E-state index in [4.69, 9.17) is 11.2 Å². The molecule has 1 aliphatic carbocycles. The van der Waals surface area contributed by atoms with Crippen LogP contribution in [0.15, 0.2) is 0 Å². The van der Waals surface area contributed by atoms with Crippen molar-refractivity contribution < 1.29 is 4.74 Å². The van der Waals surface area contributed by atoms with Gasteiger partial charge in [-0.15, -0.1) is 12.3 Å². The molecule has 0 radical (unpaired) electrons. The molecule has 1 aliphatic rings. The number of methoxy groups -OCH3 is 1. The molecule has 2 heteroatoms. The number of nitrogens with zero attached hydrogens (tertiary/aromatic N) is 1. The molecule has 1 saturated carbocycles. The second kappa shape index (κ2) is 6.01. The van der Waals surface area contributed by atoms with Gasteiger partial charge in [-0.1, -0.05) is 0 Å². The summed E-state index contributed by atoms with van der Waals surface area (Å²) in [7, 11) is 1.76. The quantitative estimate of drug-likeness (QED) is 0.436. The van der Waals surface area contributed by atoms with Crippen LogP contribution in [0, 0.1) is 12.3 Å². The molecule has 0 bridgehead atoms. The molecule has 0 aromatic heterocycles. The van der Waals surface area contributed by atoms with Gasteiger partial charge in [-0.05, 0) is 25.8 Å². The number of hydrogen-bond donors (Lipinski definition) is 0. The van der Waals surface area contributed by atoms with E-state index in [0.717, 1.165) is 38.6 Å². The largest absolute Gasteiger partial charge is 0.383 e. The van der Waals surface area contributed by atoms with Crippen molar-refractivity contribution in [1.82, 2.24) is 4.90 Å². The molecule has 0 heterocycles. The third-order valence-electron chi connectivity index (χ3n) is 2.41. The van der Waals surface area contributed by atoms with E-state index >= 15 is 0 Å². The highest BCUT2D eigenvalue weighted by Crippen LogP contribution is 2.26. The van der Waals surface area contributed by atoms with Crippen LogP contribution in [0.2, 0.25) is 0 Å². The summed E-state index contributed by atoms with van der Waals surface area (Å²) in [5.41, 5.74) is 0. The fourth-order valence-electron chi connectivity index (χ4n) is 1.51. The molecule has 0 aromatic rings. The van der Waals surface area contributed by atoms with E-state index in [-0.39, 0.29) is 0 Å². The van der Waals surface area contributed by atoms with Crippen molar-refractivity contribution >= 4 is 0 Å². The van der Waals surface area contributed by atoms with E-state index in [9.17, 15) is 0 Å². The Balaban J connectivity index is 2.10. The maximum atomic E-state index is 5.21. The van der Waals surface area contributed by atoms with E-state index in [2.05, 4.69) is 10.8 Å². The zero-order valence-electron chi connectivity index (χ0n) is 8.46. The van der Waals surface area contributed by atoms with Gasteiger partial charge in [0.2, 0.25) is 0 Å². The first-order valence-corrected chi connectivity index (χ1v) is 5.05. The molecule has 0 amide bonds. The third-order valence-corrected chi connectivity index (χ3v) is 2.41. The van der Waals surface area contributed by atoms with Gasteiger partial charge in [0.25, 0.3) is 0 Å².